The van der Waals surface area contributed by atoms with Gasteiger partial charge in [-0.25, -0.2) is 0 Å². The first kappa shape index (κ1) is 56.5. The first-order chi connectivity index (χ1) is 27.5. The van der Waals surface area contributed by atoms with Crippen LogP contribution in [0.1, 0.15) is 251 Å². The first-order valence-electron chi connectivity index (χ1n) is 24.9. The number of likely N-dealkylation sites (N-methyl/N-ethyl adjacent to an activating group) is 1. The van der Waals surface area contributed by atoms with Crippen LogP contribution < -0.4 is 10.2 Å². The highest BCUT2D eigenvalue weighted by Gasteiger charge is 2.24. The summed E-state index contributed by atoms with van der Waals surface area (Å²) in [5.41, 5.74) is 0. The first-order valence-corrected chi connectivity index (χ1v) is 26.3. The van der Waals surface area contributed by atoms with Crippen LogP contribution in [0.4, 0.5) is 0 Å². The van der Waals surface area contributed by atoms with Crippen LogP contribution in [0.15, 0.2) is 0 Å². The maximum Gasteiger partial charge on any atom is 0.268 e. The maximum atomic E-state index is 12.9. The standard InChI is InChI=1S/C48H99N2O6P/c1-6-8-10-12-14-16-18-20-22-23-24-25-26-27-28-30-32-34-36-38-40-42-48(52)49-46(45-56-57(53,54)55-44-43-50(3,4)5)47(51)41-39-37-35-33-31-29-21-19-17-15-13-11-9-7-2/h46-47,51H,6-45H2,1-5H3,(H-,49,52,53,54)/t46-,47+/m0/s1. The van der Waals surface area contributed by atoms with E-state index in [4.69, 9.17) is 9.05 Å². The average Bonchev–Trinajstić information content (AvgIpc) is 3.16. The molecule has 57 heavy (non-hydrogen) atoms. The zero-order valence-corrected chi connectivity index (χ0v) is 39.7. The number of aliphatic hydroxyl groups excluding tert-OH is 1. The molecule has 1 unspecified atom stereocenters. The van der Waals surface area contributed by atoms with Gasteiger partial charge in [-0.2, -0.15) is 0 Å². The molecule has 342 valence electrons. The summed E-state index contributed by atoms with van der Waals surface area (Å²) in [7, 11) is 1.32. The lowest BCUT2D eigenvalue weighted by Crippen LogP contribution is -2.46. The fourth-order valence-electron chi connectivity index (χ4n) is 7.63. The van der Waals surface area contributed by atoms with Crippen LogP contribution in [-0.4, -0.2) is 68.5 Å². The SMILES string of the molecule is CCCCCCCCCCCCCCCCCCCCCCCC(=O)N[C@@H](COP(=O)([O-])OCC[N+](C)(C)C)[C@H](O)CCCCCCCCCCCCCCCC. The van der Waals surface area contributed by atoms with E-state index in [0.29, 0.717) is 23.9 Å². The number of nitrogens with one attached hydrogen (secondary N) is 1. The molecule has 0 aromatic carbocycles. The van der Waals surface area contributed by atoms with Gasteiger partial charge in [0, 0.05) is 6.42 Å². The van der Waals surface area contributed by atoms with Crippen LogP contribution in [0.25, 0.3) is 0 Å². The van der Waals surface area contributed by atoms with Crippen LogP contribution >= 0.6 is 7.82 Å². The van der Waals surface area contributed by atoms with Crippen molar-refractivity contribution < 1.29 is 32.9 Å². The molecule has 9 heteroatoms. The molecule has 0 aliphatic rings. The fourth-order valence-corrected chi connectivity index (χ4v) is 8.35. The van der Waals surface area contributed by atoms with Crippen molar-refractivity contribution >= 4 is 13.7 Å². The zero-order chi connectivity index (χ0) is 42.1. The quantitative estimate of drug-likeness (QED) is 0.0359. The van der Waals surface area contributed by atoms with Gasteiger partial charge >= 0.3 is 0 Å². The largest absolute Gasteiger partial charge is 0.756 e. The van der Waals surface area contributed by atoms with Gasteiger partial charge in [-0.15, -0.1) is 0 Å². The molecular weight excluding hydrogens is 732 g/mol. The summed E-state index contributed by atoms with van der Waals surface area (Å²) in [6.45, 7) is 4.75. The number of carbonyl (C=O) groups excluding carboxylic acids is 1. The van der Waals surface area contributed by atoms with E-state index in [1.54, 1.807) is 0 Å². The Balaban J connectivity index is 4.20. The monoisotopic (exact) mass is 831 g/mol. The normalized spacial score (nSPS) is 14.2. The van der Waals surface area contributed by atoms with Crippen LogP contribution in [0.2, 0.25) is 0 Å². The molecule has 0 aromatic rings. The van der Waals surface area contributed by atoms with Gasteiger partial charge in [0.2, 0.25) is 5.91 Å². The summed E-state index contributed by atoms with van der Waals surface area (Å²) in [4.78, 5) is 25.4. The summed E-state index contributed by atoms with van der Waals surface area (Å²) >= 11 is 0. The van der Waals surface area contributed by atoms with Gasteiger partial charge in [0.1, 0.15) is 13.2 Å². The Labute approximate surface area is 355 Å². The number of rotatable bonds is 46. The van der Waals surface area contributed by atoms with Gasteiger partial charge < -0.3 is 28.8 Å². The molecule has 0 aliphatic carbocycles. The number of quaternary nitrogens is 1. The molecule has 8 nitrogen and oxygen atoms in total. The fraction of sp³-hybridized carbons (Fsp3) is 0.979. The Bertz CT molecular complexity index is 901. The minimum absolute atomic E-state index is 0.0162. The highest BCUT2D eigenvalue weighted by Crippen LogP contribution is 2.38. The molecule has 0 aromatic heterocycles. The number of aliphatic hydroxyl groups is 1. The van der Waals surface area contributed by atoms with Crippen molar-refractivity contribution in [3.8, 4) is 0 Å². The van der Waals surface area contributed by atoms with Crippen LogP contribution in [0.5, 0.6) is 0 Å². The third-order valence-corrected chi connectivity index (χ3v) is 12.6. The van der Waals surface area contributed by atoms with Crippen molar-refractivity contribution in [2.75, 3.05) is 40.9 Å². The number of phosphoric ester groups is 1. The molecule has 0 fully saturated rings. The van der Waals surface area contributed by atoms with E-state index >= 15 is 0 Å². The second-order valence-electron chi connectivity index (χ2n) is 18.5. The molecule has 1 amide bonds. The summed E-state index contributed by atoms with van der Waals surface area (Å²) < 4.78 is 23.3. The number of phosphoric acid groups is 1. The van der Waals surface area contributed by atoms with Gasteiger partial charge in [-0.1, -0.05) is 232 Å². The highest BCUT2D eigenvalue weighted by atomic mass is 31.2. The van der Waals surface area contributed by atoms with Gasteiger partial charge in [0.15, 0.2) is 0 Å². The van der Waals surface area contributed by atoms with Crippen LogP contribution in [0.3, 0.4) is 0 Å². The Kier molecular flexibility index (Phi) is 40.5. The van der Waals surface area contributed by atoms with Crippen molar-refractivity contribution in [2.24, 2.45) is 0 Å². The molecule has 0 heterocycles. The Hall–Kier alpha value is -0.500. The number of nitrogens with zero attached hydrogens (tertiary/aromatic N) is 1. The Morgan fingerprint density at radius 3 is 1.19 bits per heavy atom. The minimum Gasteiger partial charge on any atom is -0.756 e. The molecule has 0 spiro atoms. The van der Waals surface area contributed by atoms with E-state index in [9.17, 15) is 19.4 Å². The summed E-state index contributed by atoms with van der Waals surface area (Å²) in [6, 6.07) is -0.793. The summed E-state index contributed by atoms with van der Waals surface area (Å²) in [5.74, 6) is -0.159. The number of hydrogen-bond acceptors (Lipinski definition) is 6. The average molecular weight is 831 g/mol. The molecular formula is C48H99N2O6P. The van der Waals surface area contributed by atoms with E-state index in [2.05, 4.69) is 19.2 Å². The Morgan fingerprint density at radius 2 is 0.860 bits per heavy atom. The lowest BCUT2D eigenvalue weighted by atomic mass is 10.0. The topological polar surface area (TPSA) is 108 Å². The van der Waals surface area contributed by atoms with E-state index in [1.165, 1.54) is 186 Å². The second kappa shape index (κ2) is 40.9. The summed E-state index contributed by atoms with van der Waals surface area (Å²) in [5, 5.41) is 13.9. The maximum absolute atomic E-state index is 12.9. The molecule has 0 saturated carbocycles. The molecule has 3 atom stereocenters. The number of amides is 1. The second-order valence-corrected chi connectivity index (χ2v) is 19.9. The number of carbonyl (C=O) groups is 1. The molecule has 0 aliphatic heterocycles. The van der Waals surface area contributed by atoms with Gasteiger partial charge in [0.05, 0.1) is 39.9 Å². The van der Waals surface area contributed by atoms with Crippen molar-refractivity contribution in [3.05, 3.63) is 0 Å². The third kappa shape index (κ3) is 43.4. The molecule has 0 bridgehead atoms. The molecule has 2 N–H and O–H groups in total. The van der Waals surface area contributed by atoms with E-state index in [1.807, 2.05) is 21.1 Å². The summed E-state index contributed by atoms with van der Waals surface area (Å²) in [6.07, 6.45) is 45.4. The highest BCUT2D eigenvalue weighted by molar-refractivity contribution is 7.45. The lowest BCUT2D eigenvalue weighted by Gasteiger charge is -2.30. The van der Waals surface area contributed by atoms with E-state index < -0.39 is 20.0 Å². The Morgan fingerprint density at radius 1 is 0.544 bits per heavy atom. The van der Waals surface area contributed by atoms with Gasteiger partial charge in [-0.05, 0) is 12.8 Å². The predicted octanol–water partition coefficient (Wildman–Crippen LogP) is 13.5. The van der Waals surface area contributed by atoms with Crippen LogP contribution in [0, 0.1) is 0 Å². The zero-order valence-electron chi connectivity index (χ0n) is 38.8. The molecule has 0 radical (unpaired) electrons. The predicted molar refractivity (Wildman–Crippen MR) is 243 cm³/mol. The lowest BCUT2D eigenvalue weighted by molar-refractivity contribution is -0.870. The molecule has 0 saturated heterocycles. The smallest absolute Gasteiger partial charge is 0.268 e. The number of unbranched alkanes of at least 4 members (excludes halogenated alkanes) is 33. The third-order valence-electron chi connectivity index (χ3n) is 11.6. The molecule has 0 rings (SSSR count). The van der Waals surface area contributed by atoms with Gasteiger partial charge in [0.25, 0.3) is 7.82 Å². The van der Waals surface area contributed by atoms with E-state index in [-0.39, 0.29) is 19.1 Å². The van der Waals surface area contributed by atoms with Crippen molar-refractivity contribution in [3.63, 3.8) is 0 Å². The van der Waals surface area contributed by atoms with E-state index in [0.717, 1.165) is 38.5 Å². The van der Waals surface area contributed by atoms with Crippen molar-refractivity contribution in [1.82, 2.24) is 5.32 Å². The number of hydrogen-bond donors (Lipinski definition) is 2. The van der Waals surface area contributed by atoms with Crippen molar-refractivity contribution in [1.29, 1.82) is 0 Å². The van der Waals surface area contributed by atoms with Crippen molar-refractivity contribution in [2.45, 2.75) is 264 Å². The van der Waals surface area contributed by atoms with Gasteiger partial charge in [-0.3, -0.25) is 9.36 Å². The van der Waals surface area contributed by atoms with Crippen LogP contribution in [-0.2, 0) is 18.4 Å². The minimum atomic E-state index is -4.56.